The van der Waals surface area contributed by atoms with Crippen molar-refractivity contribution in [2.75, 3.05) is 13.1 Å². The average molecular weight is 322 g/mol. The summed E-state index contributed by atoms with van der Waals surface area (Å²) in [4.78, 5) is 10.9. The molecule has 0 saturated carbocycles. The van der Waals surface area contributed by atoms with Crippen LogP contribution >= 0.6 is 11.6 Å². The molecule has 1 aliphatic rings. The Balaban J connectivity index is 2.35. The van der Waals surface area contributed by atoms with Crippen LogP contribution in [0, 0.1) is 11.2 Å². The Hall–Kier alpha value is -1.18. The van der Waals surface area contributed by atoms with Gasteiger partial charge in [0.1, 0.15) is 5.82 Å². The van der Waals surface area contributed by atoms with Crippen molar-refractivity contribution in [3.05, 3.63) is 29.0 Å². The highest BCUT2D eigenvalue weighted by Crippen LogP contribution is 2.34. The first kappa shape index (κ1) is 15.2. The molecule has 1 aromatic carbocycles. The summed E-state index contributed by atoms with van der Waals surface area (Å²) in [7, 11) is -3.94. The summed E-state index contributed by atoms with van der Waals surface area (Å²) >= 11 is 5.65. The van der Waals surface area contributed by atoms with Crippen molar-refractivity contribution in [2.24, 2.45) is 5.41 Å². The third-order valence-corrected chi connectivity index (χ3v) is 5.47. The molecule has 5 nitrogen and oxygen atoms in total. The van der Waals surface area contributed by atoms with Crippen molar-refractivity contribution in [2.45, 2.75) is 18.2 Å². The van der Waals surface area contributed by atoms with Crippen LogP contribution in [0.15, 0.2) is 23.1 Å². The third kappa shape index (κ3) is 2.65. The maximum absolute atomic E-state index is 13.3. The fourth-order valence-electron chi connectivity index (χ4n) is 2.13. The molecule has 1 aromatic rings. The van der Waals surface area contributed by atoms with Gasteiger partial charge in [0.2, 0.25) is 10.0 Å². The molecule has 0 radical (unpaired) electrons. The first-order valence-corrected chi connectivity index (χ1v) is 7.67. The molecule has 20 heavy (non-hydrogen) atoms. The van der Waals surface area contributed by atoms with Crippen LogP contribution in [0.2, 0.25) is 5.02 Å². The number of benzene rings is 1. The second kappa shape index (κ2) is 4.98. The maximum atomic E-state index is 13.3. The molecule has 2 rings (SSSR count). The second-order valence-corrected chi connectivity index (χ2v) is 7.43. The maximum Gasteiger partial charge on any atom is 0.310 e. The Morgan fingerprint density at radius 2 is 2.10 bits per heavy atom. The molecule has 1 unspecified atom stereocenters. The van der Waals surface area contributed by atoms with Gasteiger partial charge < -0.3 is 5.11 Å². The fourth-order valence-corrected chi connectivity index (χ4v) is 4.03. The SMILES string of the molecule is CC1(C(=O)O)CCN(S(=O)(=O)c2cc(F)cc(Cl)c2)C1. The van der Waals surface area contributed by atoms with Gasteiger partial charge in [0, 0.05) is 18.1 Å². The first-order chi connectivity index (χ1) is 9.15. The van der Waals surface area contributed by atoms with Crippen LogP contribution in [0.5, 0.6) is 0 Å². The van der Waals surface area contributed by atoms with E-state index in [4.69, 9.17) is 16.7 Å². The van der Waals surface area contributed by atoms with E-state index in [1.165, 1.54) is 6.92 Å². The van der Waals surface area contributed by atoms with E-state index in [1.54, 1.807) is 0 Å². The van der Waals surface area contributed by atoms with E-state index in [2.05, 4.69) is 0 Å². The van der Waals surface area contributed by atoms with E-state index in [-0.39, 0.29) is 29.4 Å². The van der Waals surface area contributed by atoms with Gasteiger partial charge in [-0.1, -0.05) is 11.6 Å². The van der Waals surface area contributed by atoms with Crippen molar-refractivity contribution >= 4 is 27.6 Å². The predicted molar refractivity (Wildman–Crippen MR) is 70.5 cm³/mol. The van der Waals surface area contributed by atoms with Gasteiger partial charge in [-0.05, 0) is 31.5 Å². The second-order valence-electron chi connectivity index (χ2n) is 5.06. The quantitative estimate of drug-likeness (QED) is 0.923. The van der Waals surface area contributed by atoms with E-state index in [0.29, 0.717) is 0 Å². The molecule has 0 spiro atoms. The van der Waals surface area contributed by atoms with Gasteiger partial charge in [-0.15, -0.1) is 0 Å². The highest BCUT2D eigenvalue weighted by Gasteiger charge is 2.44. The number of rotatable bonds is 3. The monoisotopic (exact) mass is 321 g/mol. The van der Waals surface area contributed by atoms with Crippen molar-refractivity contribution in [3.63, 3.8) is 0 Å². The van der Waals surface area contributed by atoms with Crippen LogP contribution in [0.3, 0.4) is 0 Å². The van der Waals surface area contributed by atoms with Crippen molar-refractivity contribution in [1.82, 2.24) is 4.31 Å². The molecule has 0 aromatic heterocycles. The van der Waals surface area contributed by atoms with E-state index < -0.39 is 27.2 Å². The lowest BCUT2D eigenvalue weighted by molar-refractivity contribution is -0.146. The van der Waals surface area contributed by atoms with Crippen molar-refractivity contribution in [3.8, 4) is 0 Å². The Bertz CT molecular complexity index is 643. The Morgan fingerprint density at radius 1 is 1.45 bits per heavy atom. The molecule has 1 atom stereocenters. The molecule has 1 fully saturated rings. The molecule has 1 heterocycles. The molecule has 0 amide bonds. The first-order valence-electron chi connectivity index (χ1n) is 5.85. The lowest BCUT2D eigenvalue weighted by Gasteiger charge is -2.20. The minimum Gasteiger partial charge on any atom is -0.481 e. The Morgan fingerprint density at radius 3 is 2.60 bits per heavy atom. The van der Waals surface area contributed by atoms with Gasteiger partial charge in [-0.2, -0.15) is 4.31 Å². The molecular weight excluding hydrogens is 309 g/mol. The molecule has 8 heteroatoms. The van der Waals surface area contributed by atoms with Crippen LogP contribution in [0.25, 0.3) is 0 Å². The summed E-state index contributed by atoms with van der Waals surface area (Å²) in [6, 6.07) is 3.03. The minimum atomic E-state index is -3.94. The Kier molecular flexibility index (Phi) is 3.79. The van der Waals surface area contributed by atoms with Gasteiger partial charge in [0.15, 0.2) is 0 Å². The number of hydrogen-bond donors (Lipinski definition) is 1. The molecule has 0 aliphatic carbocycles. The number of nitrogens with zero attached hydrogens (tertiary/aromatic N) is 1. The lowest BCUT2D eigenvalue weighted by atomic mass is 9.90. The minimum absolute atomic E-state index is 0.0243. The van der Waals surface area contributed by atoms with Crippen LogP contribution in [0.4, 0.5) is 4.39 Å². The number of carboxylic acid groups (broad SMARTS) is 1. The van der Waals surface area contributed by atoms with Gasteiger partial charge >= 0.3 is 5.97 Å². The molecule has 110 valence electrons. The van der Waals surface area contributed by atoms with Gasteiger partial charge in [-0.3, -0.25) is 4.79 Å². The van der Waals surface area contributed by atoms with Gasteiger partial charge in [-0.25, -0.2) is 12.8 Å². The van der Waals surface area contributed by atoms with Crippen LogP contribution in [-0.2, 0) is 14.8 Å². The summed E-state index contributed by atoms with van der Waals surface area (Å²) in [6.07, 6.45) is 0.213. The molecular formula is C12H13ClFNO4S. The van der Waals surface area contributed by atoms with Crippen LogP contribution < -0.4 is 0 Å². The molecule has 1 saturated heterocycles. The topological polar surface area (TPSA) is 74.7 Å². The summed E-state index contributed by atoms with van der Waals surface area (Å²) in [5, 5.41) is 9.09. The summed E-state index contributed by atoms with van der Waals surface area (Å²) in [6.45, 7) is 1.43. The summed E-state index contributed by atoms with van der Waals surface area (Å²) in [5.41, 5.74) is -1.12. The van der Waals surface area contributed by atoms with E-state index in [0.717, 1.165) is 22.5 Å². The number of halogens is 2. The molecule has 0 bridgehead atoms. The average Bonchev–Trinajstić information content (AvgIpc) is 2.73. The zero-order valence-corrected chi connectivity index (χ0v) is 12.2. The zero-order chi connectivity index (χ0) is 15.1. The standard InChI is InChI=1S/C12H13ClFNO4S/c1-12(11(16)17)2-3-15(7-12)20(18,19)10-5-8(13)4-9(14)6-10/h4-6H,2-3,7H2,1H3,(H,16,17). The van der Waals surface area contributed by atoms with E-state index in [1.807, 2.05) is 0 Å². The van der Waals surface area contributed by atoms with Crippen molar-refractivity contribution < 1.29 is 22.7 Å². The van der Waals surface area contributed by atoms with Crippen LogP contribution in [0.1, 0.15) is 13.3 Å². The number of hydrogen-bond acceptors (Lipinski definition) is 3. The largest absolute Gasteiger partial charge is 0.481 e. The normalized spacial score (nSPS) is 23.9. The zero-order valence-electron chi connectivity index (χ0n) is 10.6. The number of carbonyl (C=O) groups is 1. The number of aliphatic carboxylic acids is 1. The van der Waals surface area contributed by atoms with E-state index >= 15 is 0 Å². The summed E-state index contributed by atoms with van der Waals surface area (Å²) in [5.74, 6) is -1.80. The highest BCUT2D eigenvalue weighted by atomic mass is 35.5. The number of carboxylic acids is 1. The smallest absolute Gasteiger partial charge is 0.310 e. The fraction of sp³-hybridized carbons (Fsp3) is 0.417. The summed E-state index contributed by atoms with van der Waals surface area (Å²) < 4.78 is 39.0. The Labute approximate surface area is 121 Å². The number of sulfonamides is 1. The van der Waals surface area contributed by atoms with E-state index in [9.17, 15) is 17.6 Å². The predicted octanol–water partition coefficient (Wildman–Crippen LogP) is 1.96. The molecule has 1 aliphatic heterocycles. The van der Waals surface area contributed by atoms with Crippen molar-refractivity contribution in [1.29, 1.82) is 0 Å². The highest BCUT2D eigenvalue weighted by molar-refractivity contribution is 7.89. The molecule has 1 N–H and O–H groups in total. The van der Waals surface area contributed by atoms with Gasteiger partial charge in [0.05, 0.1) is 10.3 Å². The van der Waals surface area contributed by atoms with Gasteiger partial charge in [0.25, 0.3) is 0 Å². The van der Waals surface area contributed by atoms with Crippen LogP contribution in [-0.4, -0.2) is 36.9 Å². The lowest BCUT2D eigenvalue weighted by Crippen LogP contribution is -2.34. The third-order valence-electron chi connectivity index (χ3n) is 3.43.